The largest absolute Gasteiger partial charge is 0.416 e. The molecule has 1 aromatic heterocycles. The molecule has 4 heteroatoms. The Balaban J connectivity index is 2.11. The normalized spacial score (nSPS) is 11.8. The van der Waals surface area contributed by atoms with Crippen LogP contribution in [0.4, 0.5) is 13.2 Å². The van der Waals surface area contributed by atoms with Gasteiger partial charge < -0.3 is 0 Å². The van der Waals surface area contributed by atoms with Crippen LogP contribution in [-0.4, -0.2) is 4.98 Å². The molecule has 3 aromatic rings. The second-order valence-corrected chi connectivity index (χ2v) is 4.50. The van der Waals surface area contributed by atoms with E-state index in [1.807, 2.05) is 24.3 Å². The van der Waals surface area contributed by atoms with Gasteiger partial charge in [-0.1, -0.05) is 36.4 Å². The number of alkyl halides is 3. The second-order valence-electron chi connectivity index (χ2n) is 4.50. The zero-order valence-electron chi connectivity index (χ0n) is 10.4. The molecule has 20 heavy (non-hydrogen) atoms. The van der Waals surface area contributed by atoms with E-state index in [1.165, 1.54) is 6.07 Å². The van der Waals surface area contributed by atoms with E-state index in [9.17, 15) is 13.2 Å². The van der Waals surface area contributed by atoms with Crippen molar-refractivity contribution in [2.75, 3.05) is 0 Å². The van der Waals surface area contributed by atoms with Gasteiger partial charge in [0, 0.05) is 17.1 Å². The molecule has 0 bridgehead atoms. The van der Waals surface area contributed by atoms with E-state index in [1.54, 1.807) is 18.3 Å². The van der Waals surface area contributed by atoms with Crippen LogP contribution < -0.4 is 0 Å². The maximum Gasteiger partial charge on any atom is 0.416 e. The highest BCUT2D eigenvalue weighted by atomic mass is 19.4. The molecular formula is C16H10F3N. The van der Waals surface area contributed by atoms with Crippen molar-refractivity contribution >= 4 is 10.8 Å². The Labute approximate surface area is 113 Å². The monoisotopic (exact) mass is 273 g/mol. The third kappa shape index (κ3) is 2.37. The van der Waals surface area contributed by atoms with Gasteiger partial charge in [-0.2, -0.15) is 13.2 Å². The van der Waals surface area contributed by atoms with Gasteiger partial charge in [-0.3, -0.25) is 4.98 Å². The first kappa shape index (κ1) is 12.7. The van der Waals surface area contributed by atoms with E-state index < -0.39 is 11.7 Å². The molecule has 100 valence electrons. The number of rotatable bonds is 1. The molecule has 1 nitrogen and oxygen atoms in total. The number of hydrogen-bond donors (Lipinski definition) is 0. The van der Waals surface area contributed by atoms with Crippen LogP contribution in [0.3, 0.4) is 0 Å². The fourth-order valence-electron chi connectivity index (χ4n) is 2.10. The van der Waals surface area contributed by atoms with Crippen LogP contribution in [-0.2, 0) is 6.18 Å². The SMILES string of the molecule is FC(F)(F)c1cccc(-c2cc3ccccc3cn2)c1. The molecule has 0 spiro atoms. The summed E-state index contributed by atoms with van der Waals surface area (Å²) in [5, 5.41) is 1.91. The third-order valence-corrected chi connectivity index (χ3v) is 3.12. The summed E-state index contributed by atoms with van der Waals surface area (Å²) >= 11 is 0. The van der Waals surface area contributed by atoms with E-state index in [4.69, 9.17) is 0 Å². The summed E-state index contributed by atoms with van der Waals surface area (Å²) in [5.74, 6) is 0. The average molecular weight is 273 g/mol. The molecule has 1 heterocycles. The Morgan fingerprint density at radius 3 is 2.30 bits per heavy atom. The molecular weight excluding hydrogens is 263 g/mol. The number of benzene rings is 2. The Hall–Kier alpha value is -2.36. The molecule has 0 atom stereocenters. The quantitative estimate of drug-likeness (QED) is 0.613. The van der Waals surface area contributed by atoms with Gasteiger partial charge in [0.15, 0.2) is 0 Å². The van der Waals surface area contributed by atoms with Crippen molar-refractivity contribution in [1.29, 1.82) is 0 Å². The molecule has 0 aliphatic heterocycles. The summed E-state index contributed by atoms with van der Waals surface area (Å²) in [5.41, 5.74) is 0.338. The van der Waals surface area contributed by atoms with E-state index in [0.717, 1.165) is 22.9 Å². The number of fused-ring (bicyclic) bond motifs is 1. The van der Waals surface area contributed by atoms with Gasteiger partial charge in [-0.25, -0.2) is 0 Å². The van der Waals surface area contributed by atoms with Crippen LogP contribution in [0, 0.1) is 0 Å². The average Bonchev–Trinajstić information content (AvgIpc) is 2.46. The Morgan fingerprint density at radius 2 is 1.55 bits per heavy atom. The van der Waals surface area contributed by atoms with Crippen molar-refractivity contribution in [2.24, 2.45) is 0 Å². The predicted molar refractivity (Wildman–Crippen MR) is 72.2 cm³/mol. The van der Waals surface area contributed by atoms with E-state index >= 15 is 0 Å². The first-order chi connectivity index (χ1) is 9.54. The zero-order chi connectivity index (χ0) is 14.2. The molecule has 0 fully saturated rings. The standard InChI is InChI=1S/C16H10F3N/c17-16(18,19)14-7-3-6-12(8-14)15-9-11-4-1-2-5-13(11)10-20-15/h1-10H. The molecule has 3 rings (SSSR count). The maximum absolute atomic E-state index is 12.7. The third-order valence-electron chi connectivity index (χ3n) is 3.12. The highest BCUT2D eigenvalue weighted by molar-refractivity contribution is 5.85. The Bertz CT molecular complexity index is 763. The highest BCUT2D eigenvalue weighted by Gasteiger charge is 2.30. The minimum atomic E-state index is -4.34. The van der Waals surface area contributed by atoms with Gasteiger partial charge >= 0.3 is 6.18 Å². The van der Waals surface area contributed by atoms with Gasteiger partial charge in [0.05, 0.1) is 11.3 Å². The molecule has 0 N–H and O–H groups in total. The lowest BCUT2D eigenvalue weighted by Crippen LogP contribution is -2.04. The summed E-state index contributed by atoms with van der Waals surface area (Å²) in [6, 6.07) is 14.6. The first-order valence-electron chi connectivity index (χ1n) is 6.06. The lowest BCUT2D eigenvalue weighted by atomic mass is 10.0. The Morgan fingerprint density at radius 1 is 0.800 bits per heavy atom. The van der Waals surface area contributed by atoms with Crippen molar-refractivity contribution in [1.82, 2.24) is 4.98 Å². The smallest absolute Gasteiger partial charge is 0.256 e. The lowest BCUT2D eigenvalue weighted by molar-refractivity contribution is -0.137. The summed E-state index contributed by atoms with van der Waals surface area (Å²) < 4.78 is 38.1. The number of aromatic nitrogens is 1. The fraction of sp³-hybridized carbons (Fsp3) is 0.0625. The van der Waals surface area contributed by atoms with Crippen molar-refractivity contribution < 1.29 is 13.2 Å². The van der Waals surface area contributed by atoms with Crippen molar-refractivity contribution in [3.63, 3.8) is 0 Å². The molecule has 0 unspecified atom stereocenters. The number of nitrogens with zero attached hydrogens (tertiary/aromatic N) is 1. The summed E-state index contributed by atoms with van der Waals surface area (Å²) in [6.07, 6.45) is -2.67. The second kappa shape index (κ2) is 4.63. The van der Waals surface area contributed by atoms with Crippen LogP contribution in [0.2, 0.25) is 0 Å². The molecule has 0 amide bonds. The van der Waals surface area contributed by atoms with E-state index in [0.29, 0.717) is 11.3 Å². The molecule has 2 aromatic carbocycles. The summed E-state index contributed by atoms with van der Waals surface area (Å²) in [7, 11) is 0. The van der Waals surface area contributed by atoms with Gasteiger partial charge in [0.1, 0.15) is 0 Å². The van der Waals surface area contributed by atoms with E-state index in [-0.39, 0.29) is 0 Å². The van der Waals surface area contributed by atoms with Gasteiger partial charge in [0.2, 0.25) is 0 Å². The zero-order valence-corrected chi connectivity index (χ0v) is 10.4. The minimum Gasteiger partial charge on any atom is -0.256 e. The van der Waals surface area contributed by atoms with E-state index in [2.05, 4.69) is 4.98 Å². The molecule has 0 aliphatic carbocycles. The molecule has 0 saturated carbocycles. The maximum atomic E-state index is 12.7. The molecule has 0 aliphatic rings. The number of halogens is 3. The predicted octanol–water partition coefficient (Wildman–Crippen LogP) is 4.92. The van der Waals surface area contributed by atoms with Crippen LogP contribution >= 0.6 is 0 Å². The number of hydrogen-bond acceptors (Lipinski definition) is 1. The van der Waals surface area contributed by atoms with Crippen molar-refractivity contribution in [3.8, 4) is 11.3 Å². The van der Waals surface area contributed by atoms with Crippen LogP contribution in [0.1, 0.15) is 5.56 Å². The summed E-state index contributed by atoms with van der Waals surface area (Å²) in [6.45, 7) is 0. The van der Waals surface area contributed by atoms with Crippen LogP contribution in [0.15, 0.2) is 60.8 Å². The number of pyridine rings is 1. The molecule has 0 saturated heterocycles. The first-order valence-corrected chi connectivity index (χ1v) is 6.06. The minimum absolute atomic E-state index is 0.463. The topological polar surface area (TPSA) is 12.9 Å². The van der Waals surface area contributed by atoms with Crippen molar-refractivity contribution in [3.05, 3.63) is 66.4 Å². The van der Waals surface area contributed by atoms with Crippen LogP contribution in [0.25, 0.3) is 22.0 Å². The Kier molecular flexibility index (Phi) is 2.93. The molecule has 0 radical (unpaired) electrons. The lowest BCUT2D eigenvalue weighted by Gasteiger charge is -2.09. The highest BCUT2D eigenvalue weighted by Crippen LogP contribution is 2.32. The van der Waals surface area contributed by atoms with Gasteiger partial charge in [-0.05, 0) is 23.6 Å². The fourth-order valence-corrected chi connectivity index (χ4v) is 2.10. The van der Waals surface area contributed by atoms with Crippen LogP contribution in [0.5, 0.6) is 0 Å². The summed E-state index contributed by atoms with van der Waals surface area (Å²) in [4.78, 5) is 4.23. The van der Waals surface area contributed by atoms with Gasteiger partial charge in [0.25, 0.3) is 0 Å². The van der Waals surface area contributed by atoms with Crippen molar-refractivity contribution in [2.45, 2.75) is 6.18 Å². The van der Waals surface area contributed by atoms with Gasteiger partial charge in [-0.15, -0.1) is 0 Å².